The summed E-state index contributed by atoms with van der Waals surface area (Å²) in [5, 5.41) is 3.99. The molecule has 2 aromatic heterocycles. The molecular formula is C22H19N3O. The molecule has 0 atom stereocenters. The van der Waals surface area contributed by atoms with Gasteiger partial charge in [0.1, 0.15) is 11.5 Å². The van der Waals surface area contributed by atoms with E-state index in [4.69, 9.17) is 0 Å². The summed E-state index contributed by atoms with van der Waals surface area (Å²) in [6.07, 6.45) is 0. The molecule has 0 amide bonds. The van der Waals surface area contributed by atoms with Crippen LogP contribution in [0.5, 0.6) is 0 Å². The Labute approximate surface area is 151 Å². The molecule has 2 aromatic carbocycles. The summed E-state index contributed by atoms with van der Waals surface area (Å²) in [7, 11) is 0. The molecule has 0 fully saturated rings. The Hall–Kier alpha value is -3.40. The molecule has 1 N–H and O–H groups in total. The lowest BCUT2D eigenvalue weighted by Crippen LogP contribution is -2.13. The van der Waals surface area contributed by atoms with Gasteiger partial charge in [-0.15, -0.1) is 0 Å². The van der Waals surface area contributed by atoms with Gasteiger partial charge in [0.25, 0.3) is 0 Å². The minimum atomic E-state index is -0.0464. The first-order valence-corrected chi connectivity index (χ1v) is 8.54. The number of rotatable bonds is 3. The van der Waals surface area contributed by atoms with Crippen LogP contribution in [0.2, 0.25) is 0 Å². The molecule has 4 nitrogen and oxygen atoms in total. The molecule has 0 bridgehead atoms. The van der Waals surface area contributed by atoms with E-state index in [1.54, 1.807) is 6.07 Å². The Morgan fingerprint density at radius 2 is 1.69 bits per heavy atom. The van der Waals surface area contributed by atoms with Crippen molar-refractivity contribution in [3.8, 4) is 5.69 Å². The van der Waals surface area contributed by atoms with Crippen molar-refractivity contribution in [1.82, 2.24) is 9.55 Å². The number of aryl methyl sites for hydroxylation is 2. The first-order valence-electron chi connectivity index (χ1n) is 8.54. The van der Waals surface area contributed by atoms with Gasteiger partial charge in [0, 0.05) is 23.1 Å². The van der Waals surface area contributed by atoms with Gasteiger partial charge in [0.15, 0.2) is 5.43 Å². The Morgan fingerprint density at radius 1 is 0.885 bits per heavy atom. The second-order valence-corrected chi connectivity index (χ2v) is 6.38. The van der Waals surface area contributed by atoms with Gasteiger partial charge in [0.2, 0.25) is 0 Å². The Balaban J connectivity index is 2.01. The maximum atomic E-state index is 12.7. The Morgan fingerprint density at radius 3 is 2.46 bits per heavy atom. The summed E-state index contributed by atoms with van der Waals surface area (Å²) < 4.78 is 1.99. The molecule has 0 aliphatic heterocycles. The summed E-state index contributed by atoms with van der Waals surface area (Å²) in [6, 6.07) is 23.4. The predicted molar refractivity (Wildman–Crippen MR) is 107 cm³/mol. The van der Waals surface area contributed by atoms with Crippen LogP contribution >= 0.6 is 0 Å². The van der Waals surface area contributed by atoms with E-state index in [1.807, 2.05) is 85.1 Å². The highest BCUT2D eigenvalue weighted by Crippen LogP contribution is 2.24. The summed E-state index contributed by atoms with van der Waals surface area (Å²) in [6.45, 7) is 3.97. The van der Waals surface area contributed by atoms with Crippen molar-refractivity contribution in [3.63, 3.8) is 0 Å². The first kappa shape index (κ1) is 16.1. The average molecular weight is 341 g/mol. The van der Waals surface area contributed by atoms with Crippen LogP contribution in [-0.4, -0.2) is 9.55 Å². The number of pyridine rings is 2. The van der Waals surface area contributed by atoms with Crippen LogP contribution in [0.3, 0.4) is 0 Å². The third kappa shape index (κ3) is 2.97. The molecule has 0 aliphatic rings. The molecule has 0 spiro atoms. The Kier molecular flexibility index (Phi) is 4.01. The SMILES string of the molecule is Cc1cccc(Nc2cc(=O)c3ccc(C)nc3n2-c2ccccc2)c1. The van der Waals surface area contributed by atoms with E-state index in [-0.39, 0.29) is 5.43 Å². The van der Waals surface area contributed by atoms with E-state index < -0.39 is 0 Å². The quantitative estimate of drug-likeness (QED) is 0.585. The average Bonchev–Trinajstić information content (AvgIpc) is 2.62. The normalized spacial score (nSPS) is 10.8. The standard InChI is InChI=1S/C22H19N3O/c1-15-7-6-8-17(13-15)24-21-14-20(26)19-12-11-16(2)23-22(19)25(21)18-9-4-3-5-10-18/h3-14,24H,1-2H3. The molecule has 4 rings (SSSR count). The lowest BCUT2D eigenvalue weighted by Gasteiger charge is -2.18. The molecule has 0 unspecified atom stereocenters. The zero-order valence-electron chi connectivity index (χ0n) is 14.7. The summed E-state index contributed by atoms with van der Waals surface area (Å²) >= 11 is 0. The second kappa shape index (κ2) is 6.48. The van der Waals surface area contributed by atoms with Gasteiger partial charge < -0.3 is 5.32 Å². The van der Waals surface area contributed by atoms with E-state index in [0.717, 1.165) is 22.6 Å². The molecular weight excluding hydrogens is 322 g/mol. The fourth-order valence-electron chi connectivity index (χ4n) is 3.09. The number of hydrogen-bond donors (Lipinski definition) is 1. The van der Waals surface area contributed by atoms with E-state index in [9.17, 15) is 4.79 Å². The third-order valence-corrected chi connectivity index (χ3v) is 4.31. The van der Waals surface area contributed by atoms with Gasteiger partial charge >= 0.3 is 0 Å². The maximum absolute atomic E-state index is 12.7. The molecule has 4 aromatic rings. The van der Waals surface area contributed by atoms with Crippen molar-refractivity contribution < 1.29 is 0 Å². The van der Waals surface area contributed by atoms with Crippen LogP contribution < -0.4 is 10.7 Å². The fraction of sp³-hybridized carbons (Fsp3) is 0.0909. The number of benzene rings is 2. The van der Waals surface area contributed by atoms with Crippen LogP contribution in [0.4, 0.5) is 11.5 Å². The van der Waals surface area contributed by atoms with Crippen molar-refractivity contribution in [2.45, 2.75) is 13.8 Å². The van der Waals surface area contributed by atoms with Gasteiger partial charge in [-0.3, -0.25) is 9.36 Å². The van der Waals surface area contributed by atoms with E-state index in [1.165, 1.54) is 0 Å². The van der Waals surface area contributed by atoms with Gasteiger partial charge in [-0.25, -0.2) is 4.98 Å². The summed E-state index contributed by atoms with van der Waals surface area (Å²) in [4.78, 5) is 17.3. The monoisotopic (exact) mass is 341 g/mol. The van der Waals surface area contributed by atoms with Crippen LogP contribution in [0.15, 0.2) is 77.6 Å². The first-order chi connectivity index (χ1) is 12.6. The van der Waals surface area contributed by atoms with Crippen molar-refractivity contribution in [2.75, 3.05) is 5.32 Å². The van der Waals surface area contributed by atoms with Crippen molar-refractivity contribution in [3.05, 3.63) is 94.3 Å². The summed E-state index contributed by atoms with van der Waals surface area (Å²) in [5.74, 6) is 0.692. The van der Waals surface area contributed by atoms with Crippen LogP contribution in [0.25, 0.3) is 16.7 Å². The van der Waals surface area contributed by atoms with E-state index in [2.05, 4.69) is 10.3 Å². The Bertz CT molecular complexity index is 1150. The van der Waals surface area contributed by atoms with Crippen molar-refractivity contribution >= 4 is 22.5 Å². The number of fused-ring (bicyclic) bond motifs is 1. The highest BCUT2D eigenvalue weighted by Gasteiger charge is 2.12. The fourth-order valence-corrected chi connectivity index (χ4v) is 3.09. The van der Waals surface area contributed by atoms with Crippen LogP contribution in [0, 0.1) is 13.8 Å². The van der Waals surface area contributed by atoms with Gasteiger partial charge in [-0.05, 0) is 55.8 Å². The van der Waals surface area contributed by atoms with Crippen molar-refractivity contribution in [2.24, 2.45) is 0 Å². The zero-order chi connectivity index (χ0) is 18.1. The number of aromatic nitrogens is 2. The molecule has 0 saturated carbocycles. The zero-order valence-corrected chi connectivity index (χ0v) is 14.7. The van der Waals surface area contributed by atoms with E-state index >= 15 is 0 Å². The molecule has 0 radical (unpaired) electrons. The number of nitrogens with one attached hydrogen (secondary N) is 1. The lowest BCUT2D eigenvalue weighted by atomic mass is 10.2. The van der Waals surface area contributed by atoms with Gasteiger partial charge in [-0.1, -0.05) is 30.3 Å². The highest BCUT2D eigenvalue weighted by atomic mass is 16.1. The summed E-state index contributed by atoms with van der Waals surface area (Å²) in [5.41, 5.74) is 4.51. The number of para-hydroxylation sites is 1. The number of nitrogens with zero attached hydrogens (tertiary/aromatic N) is 2. The van der Waals surface area contributed by atoms with Crippen molar-refractivity contribution in [1.29, 1.82) is 0 Å². The van der Waals surface area contributed by atoms with E-state index in [0.29, 0.717) is 16.9 Å². The van der Waals surface area contributed by atoms with Gasteiger partial charge in [0.05, 0.1) is 5.39 Å². The largest absolute Gasteiger partial charge is 0.341 e. The molecule has 2 heterocycles. The number of anilines is 2. The molecule has 26 heavy (non-hydrogen) atoms. The predicted octanol–water partition coefficient (Wildman–Crippen LogP) is 4.75. The second-order valence-electron chi connectivity index (χ2n) is 6.38. The molecule has 4 heteroatoms. The molecule has 0 saturated heterocycles. The van der Waals surface area contributed by atoms with Crippen LogP contribution in [-0.2, 0) is 0 Å². The lowest BCUT2D eigenvalue weighted by molar-refractivity contribution is 1.05. The molecule has 128 valence electrons. The molecule has 0 aliphatic carbocycles. The van der Waals surface area contributed by atoms with Crippen LogP contribution in [0.1, 0.15) is 11.3 Å². The highest BCUT2D eigenvalue weighted by molar-refractivity contribution is 5.81. The minimum Gasteiger partial charge on any atom is -0.341 e. The minimum absolute atomic E-state index is 0.0464. The van der Waals surface area contributed by atoms with Gasteiger partial charge in [-0.2, -0.15) is 0 Å². The topological polar surface area (TPSA) is 46.9 Å². The maximum Gasteiger partial charge on any atom is 0.193 e. The smallest absolute Gasteiger partial charge is 0.193 e. The number of hydrogen-bond acceptors (Lipinski definition) is 3. The third-order valence-electron chi connectivity index (χ3n) is 4.31.